The topological polar surface area (TPSA) is 71.1 Å². The van der Waals surface area contributed by atoms with Gasteiger partial charge in [0.1, 0.15) is 5.75 Å². The predicted molar refractivity (Wildman–Crippen MR) is 108 cm³/mol. The van der Waals surface area contributed by atoms with Crippen molar-refractivity contribution < 1.29 is 19.1 Å². The molecule has 7 heteroatoms. The maximum atomic E-state index is 13.0. The zero-order valence-electron chi connectivity index (χ0n) is 17.1. The minimum atomic E-state index is -0.168. The Labute approximate surface area is 167 Å². The van der Waals surface area contributed by atoms with Gasteiger partial charge in [-0.1, -0.05) is 6.42 Å². The Morgan fingerprint density at radius 1 is 1.18 bits per heavy atom. The third kappa shape index (κ3) is 4.95. The van der Waals surface area contributed by atoms with Crippen molar-refractivity contribution in [3.05, 3.63) is 23.8 Å². The summed E-state index contributed by atoms with van der Waals surface area (Å²) in [6, 6.07) is 5.00. The molecule has 1 atom stereocenters. The van der Waals surface area contributed by atoms with Crippen LogP contribution in [0.2, 0.25) is 0 Å². The number of nitrogens with zero attached hydrogens (tertiary/aromatic N) is 2. The van der Waals surface area contributed by atoms with Crippen LogP contribution >= 0.6 is 0 Å². The first kappa shape index (κ1) is 20.5. The number of carbonyl (C=O) groups is 2. The molecule has 1 saturated carbocycles. The summed E-state index contributed by atoms with van der Waals surface area (Å²) < 4.78 is 11.0. The molecule has 3 amide bonds. The molecular formula is C21H31N3O4. The van der Waals surface area contributed by atoms with Crippen LogP contribution in [0.3, 0.4) is 0 Å². The summed E-state index contributed by atoms with van der Waals surface area (Å²) in [6.45, 7) is 2.14. The Morgan fingerprint density at radius 2 is 1.96 bits per heavy atom. The van der Waals surface area contributed by atoms with E-state index in [-0.39, 0.29) is 18.0 Å². The molecule has 3 rings (SSSR count). The van der Waals surface area contributed by atoms with Gasteiger partial charge < -0.3 is 24.6 Å². The maximum absolute atomic E-state index is 13.0. The van der Waals surface area contributed by atoms with Crippen LogP contribution in [0.5, 0.6) is 5.75 Å². The lowest BCUT2D eigenvalue weighted by Gasteiger charge is -2.33. The van der Waals surface area contributed by atoms with E-state index in [0.717, 1.165) is 26.0 Å². The summed E-state index contributed by atoms with van der Waals surface area (Å²) in [6.07, 6.45) is 5.77. The molecule has 154 valence electrons. The first-order valence-electron chi connectivity index (χ1n) is 10.0. The lowest BCUT2D eigenvalue weighted by atomic mass is 9.85. The van der Waals surface area contributed by atoms with E-state index in [2.05, 4.69) is 5.32 Å². The molecule has 1 aromatic carbocycles. The van der Waals surface area contributed by atoms with E-state index in [0.29, 0.717) is 29.5 Å². The highest BCUT2D eigenvalue weighted by molar-refractivity contribution is 5.99. The van der Waals surface area contributed by atoms with Gasteiger partial charge in [-0.05, 0) is 49.8 Å². The Kier molecular flexibility index (Phi) is 6.78. The quantitative estimate of drug-likeness (QED) is 0.777. The van der Waals surface area contributed by atoms with Crippen LogP contribution in [-0.4, -0.2) is 68.7 Å². The van der Waals surface area contributed by atoms with Gasteiger partial charge in [0.05, 0.1) is 18.8 Å². The third-order valence-corrected chi connectivity index (χ3v) is 5.53. The summed E-state index contributed by atoms with van der Waals surface area (Å²) >= 11 is 0. The van der Waals surface area contributed by atoms with E-state index >= 15 is 0 Å². The van der Waals surface area contributed by atoms with E-state index in [4.69, 9.17) is 9.47 Å². The Balaban J connectivity index is 1.72. The second-order valence-electron chi connectivity index (χ2n) is 7.88. The van der Waals surface area contributed by atoms with Gasteiger partial charge in [-0.25, -0.2) is 4.79 Å². The molecule has 2 fully saturated rings. The fourth-order valence-corrected chi connectivity index (χ4v) is 3.66. The van der Waals surface area contributed by atoms with E-state index < -0.39 is 0 Å². The molecule has 1 saturated heterocycles. The lowest BCUT2D eigenvalue weighted by Crippen LogP contribution is -2.44. The van der Waals surface area contributed by atoms with Gasteiger partial charge in [-0.15, -0.1) is 0 Å². The standard InChI is InChI=1S/C21H31N3O4/c1-23(2)20(25)18-12-16(9-10-19(18)27-3)22-21(26)24(13-15-6-4-7-15)14-17-8-5-11-28-17/h9-10,12,15,17H,4-8,11,13-14H2,1-3H3,(H,22,26). The minimum absolute atomic E-state index is 0.118. The Bertz CT molecular complexity index is 697. The number of benzene rings is 1. The largest absolute Gasteiger partial charge is 0.496 e. The highest BCUT2D eigenvalue weighted by atomic mass is 16.5. The SMILES string of the molecule is COc1ccc(NC(=O)N(CC2CCC2)CC2CCCO2)cc1C(=O)N(C)C. The molecule has 1 aliphatic carbocycles. The average Bonchev–Trinajstić information content (AvgIpc) is 3.15. The van der Waals surface area contributed by atoms with Gasteiger partial charge in [0.2, 0.25) is 0 Å². The van der Waals surface area contributed by atoms with Crippen LogP contribution in [0.25, 0.3) is 0 Å². The molecule has 0 bridgehead atoms. The first-order valence-corrected chi connectivity index (χ1v) is 10.0. The molecule has 1 aromatic rings. The van der Waals surface area contributed by atoms with Crippen molar-refractivity contribution in [1.82, 2.24) is 9.80 Å². The molecule has 2 aliphatic rings. The van der Waals surface area contributed by atoms with Crippen molar-refractivity contribution in [2.45, 2.75) is 38.2 Å². The average molecular weight is 389 g/mol. The number of carbonyl (C=O) groups excluding carboxylic acids is 2. The number of methoxy groups -OCH3 is 1. The highest BCUT2D eigenvalue weighted by Gasteiger charge is 2.27. The van der Waals surface area contributed by atoms with Gasteiger partial charge in [0.25, 0.3) is 5.91 Å². The molecule has 1 unspecified atom stereocenters. The van der Waals surface area contributed by atoms with Crippen LogP contribution in [0.1, 0.15) is 42.5 Å². The van der Waals surface area contributed by atoms with Crippen molar-refractivity contribution in [3.63, 3.8) is 0 Å². The lowest BCUT2D eigenvalue weighted by molar-refractivity contribution is 0.0748. The fourth-order valence-electron chi connectivity index (χ4n) is 3.66. The third-order valence-electron chi connectivity index (χ3n) is 5.53. The summed E-state index contributed by atoms with van der Waals surface area (Å²) in [5.41, 5.74) is 1.01. The predicted octanol–water partition coefficient (Wildman–Crippen LogP) is 3.21. The number of amides is 3. The van der Waals surface area contributed by atoms with Crippen molar-refractivity contribution in [1.29, 1.82) is 0 Å². The van der Waals surface area contributed by atoms with E-state index in [1.807, 2.05) is 4.90 Å². The summed E-state index contributed by atoms with van der Waals surface area (Å²) in [4.78, 5) is 28.8. The first-order chi connectivity index (χ1) is 13.5. The molecule has 1 aliphatic heterocycles. The molecular weight excluding hydrogens is 358 g/mol. The monoisotopic (exact) mass is 389 g/mol. The zero-order valence-corrected chi connectivity index (χ0v) is 17.1. The van der Waals surface area contributed by atoms with Crippen LogP contribution < -0.4 is 10.1 Å². The van der Waals surface area contributed by atoms with E-state index in [1.54, 1.807) is 32.3 Å². The number of rotatable bonds is 7. The molecule has 28 heavy (non-hydrogen) atoms. The highest BCUT2D eigenvalue weighted by Crippen LogP contribution is 2.28. The molecule has 1 N–H and O–H groups in total. The molecule has 0 aromatic heterocycles. The number of hydrogen-bond acceptors (Lipinski definition) is 4. The van der Waals surface area contributed by atoms with E-state index in [9.17, 15) is 9.59 Å². The van der Waals surface area contributed by atoms with Gasteiger partial charge in [0, 0.05) is 39.5 Å². The smallest absolute Gasteiger partial charge is 0.321 e. The second kappa shape index (κ2) is 9.28. The molecule has 1 heterocycles. The minimum Gasteiger partial charge on any atom is -0.496 e. The van der Waals surface area contributed by atoms with Gasteiger partial charge in [0.15, 0.2) is 0 Å². The van der Waals surface area contributed by atoms with E-state index in [1.165, 1.54) is 31.3 Å². The summed E-state index contributed by atoms with van der Waals surface area (Å²) in [5.74, 6) is 0.898. The number of urea groups is 1. The number of hydrogen-bond donors (Lipinski definition) is 1. The Hall–Kier alpha value is -2.28. The van der Waals surface area contributed by atoms with Gasteiger partial charge in [-0.3, -0.25) is 4.79 Å². The van der Waals surface area contributed by atoms with Crippen molar-refractivity contribution in [2.75, 3.05) is 46.2 Å². The molecule has 7 nitrogen and oxygen atoms in total. The Morgan fingerprint density at radius 3 is 2.54 bits per heavy atom. The summed E-state index contributed by atoms with van der Waals surface area (Å²) in [5, 5.41) is 2.96. The van der Waals surface area contributed by atoms with Crippen LogP contribution in [0.15, 0.2) is 18.2 Å². The van der Waals surface area contributed by atoms with Gasteiger partial charge in [-0.2, -0.15) is 0 Å². The molecule has 0 radical (unpaired) electrons. The van der Waals surface area contributed by atoms with Crippen molar-refractivity contribution in [3.8, 4) is 5.75 Å². The number of anilines is 1. The maximum Gasteiger partial charge on any atom is 0.321 e. The van der Waals surface area contributed by atoms with Crippen LogP contribution in [0.4, 0.5) is 10.5 Å². The normalized spacial score (nSPS) is 19.0. The fraction of sp³-hybridized carbons (Fsp3) is 0.619. The van der Waals surface area contributed by atoms with Crippen LogP contribution in [-0.2, 0) is 4.74 Å². The van der Waals surface area contributed by atoms with Crippen molar-refractivity contribution >= 4 is 17.6 Å². The summed E-state index contributed by atoms with van der Waals surface area (Å²) in [7, 11) is 4.91. The second-order valence-corrected chi connectivity index (χ2v) is 7.88. The van der Waals surface area contributed by atoms with Crippen LogP contribution in [0, 0.1) is 5.92 Å². The number of nitrogens with one attached hydrogen (secondary N) is 1. The number of ether oxygens (including phenoxy) is 2. The van der Waals surface area contributed by atoms with Crippen molar-refractivity contribution in [2.24, 2.45) is 5.92 Å². The van der Waals surface area contributed by atoms with Gasteiger partial charge >= 0.3 is 6.03 Å². The zero-order chi connectivity index (χ0) is 20.1. The molecule has 0 spiro atoms.